The molecule has 2 atom stereocenters. The van der Waals surface area contributed by atoms with Crippen molar-refractivity contribution in [3.05, 3.63) is 177 Å². The van der Waals surface area contributed by atoms with E-state index in [0.717, 1.165) is 12.8 Å². The molecule has 0 spiro atoms. The van der Waals surface area contributed by atoms with Crippen molar-refractivity contribution in [1.82, 2.24) is 0 Å². The molecule has 0 saturated carbocycles. The molecule has 6 aromatic rings. The molecule has 394 valence electrons. The molecular weight excluding hydrogens is 1030 g/mol. The minimum absolute atomic E-state index is 0. The zero-order chi connectivity index (χ0) is 52.2. The number of benzene rings is 6. The fraction of sp³-hybridized carbons (Fsp3) is 0.429. The summed E-state index contributed by atoms with van der Waals surface area (Å²) in [5, 5.41) is 0. The maximum atomic E-state index is 2.91. The van der Waals surface area contributed by atoms with Gasteiger partial charge in [-0.05, 0) is 0 Å². The Morgan fingerprint density at radius 2 is 0.608 bits per heavy atom. The summed E-state index contributed by atoms with van der Waals surface area (Å²) in [7, 11) is 0. The van der Waals surface area contributed by atoms with Crippen LogP contribution >= 0.6 is 24.8 Å². The second-order valence-corrected chi connectivity index (χ2v) is 57.9. The van der Waals surface area contributed by atoms with E-state index in [9.17, 15) is 0 Å². The van der Waals surface area contributed by atoms with E-state index in [1.165, 1.54) is 116 Å². The van der Waals surface area contributed by atoms with Gasteiger partial charge in [-0.1, -0.05) is 0 Å². The summed E-state index contributed by atoms with van der Waals surface area (Å²) in [4.78, 5) is 0. The van der Waals surface area contributed by atoms with Gasteiger partial charge in [0.1, 0.15) is 0 Å². The van der Waals surface area contributed by atoms with Crippen LogP contribution in [0.2, 0.25) is 9.26 Å². The van der Waals surface area contributed by atoms with Crippen LogP contribution in [0.5, 0.6) is 0 Å². The van der Waals surface area contributed by atoms with Crippen LogP contribution in [-0.4, -0.2) is 6.88 Å². The molecule has 0 nitrogen and oxygen atoms in total. The molecule has 2 unspecified atom stereocenters. The SMILES string of the molecule is CCCCCC1=Cc2c(-c3ccc(C(C)(C)C)cc3)ccc(-c3ccc(C(C)(C)C)cc3)c2[CH]1[Zr]([CH3])([CH3])(=[SiH2])[CH]1C(CCCCC)=Cc2c(-c3ccc(C(C)(C)C)cc3)ccc(-c3ccc(C(C)(C)C)cc3)c21.Cl.Cl. The van der Waals surface area contributed by atoms with Gasteiger partial charge in [-0.15, -0.1) is 24.8 Å². The van der Waals surface area contributed by atoms with Crippen molar-refractivity contribution in [3.8, 4) is 44.5 Å². The average molecular weight is 1120 g/mol. The van der Waals surface area contributed by atoms with Crippen LogP contribution in [0.15, 0.2) is 132 Å². The van der Waals surface area contributed by atoms with Crippen molar-refractivity contribution in [2.45, 2.75) is 186 Å². The average Bonchev–Trinajstić information content (AvgIpc) is 3.91. The number of hydrogen-bond donors (Lipinski definition) is 0. The van der Waals surface area contributed by atoms with Gasteiger partial charge in [0.2, 0.25) is 0 Å². The first kappa shape index (κ1) is 59.7. The van der Waals surface area contributed by atoms with E-state index in [4.69, 9.17) is 0 Å². The predicted molar refractivity (Wildman–Crippen MR) is 334 cm³/mol. The molecule has 8 rings (SSSR count). The molecule has 0 N–H and O–H groups in total. The Kier molecular flexibility index (Phi) is 18.1. The maximum Gasteiger partial charge on any atom is -0.147 e. The Balaban J connectivity index is 0.00000446. The van der Waals surface area contributed by atoms with Crippen molar-refractivity contribution in [3.63, 3.8) is 0 Å². The summed E-state index contributed by atoms with van der Waals surface area (Å²) in [6.45, 7) is 35.3. The van der Waals surface area contributed by atoms with E-state index in [1.54, 1.807) is 22.3 Å². The molecule has 2 aliphatic rings. The van der Waals surface area contributed by atoms with Crippen LogP contribution in [-0.2, 0) is 39.1 Å². The summed E-state index contributed by atoms with van der Waals surface area (Å²) < 4.78 is 6.57. The van der Waals surface area contributed by atoms with E-state index in [-0.39, 0.29) is 46.5 Å². The number of fused-ring (bicyclic) bond motifs is 2. The van der Waals surface area contributed by atoms with Crippen molar-refractivity contribution in [2.24, 2.45) is 0 Å². The quantitative estimate of drug-likeness (QED) is 0.0753. The molecule has 6 aromatic carbocycles. The number of hydrogen-bond acceptors (Lipinski definition) is 0. The van der Waals surface area contributed by atoms with Crippen molar-refractivity contribution in [1.29, 1.82) is 0 Å². The van der Waals surface area contributed by atoms with Gasteiger partial charge in [-0.3, -0.25) is 0 Å². The molecule has 4 heteroatoms. The first-order valence-electron chi connectivity index (χ1n) is 28.0. The van der Waals surface area contributed by atoms with Gasteiger partial charge >= 0.3 is 444 Å². The standard InChI is InChI=1S/2C34H41.2CH3.2ClH.H2Si.Zr/c2*1-8-9-10-11-24-22-31-29(25-12-16-27(17-13-25)33(2,3)4)20-21-30(32(31)23-24)26-14-18-28(19-15-26)34(5,6)7;;;;;;/h2*12-23H,8-11H2,1-7H3;2*1H3;2*1H;1H2;. The van der Waals surface area contributed by atoms with E-state index in [1.807, 2.05) is 0 Å². The van der Waals surface area contributed by atoms with E-state index >= 15 is 0 Å². The molecular formula is C70H92Cl2SiZr. The number of rotatable bonds is 14. The predicted octanol–water partition coefficient (Wildman–Crippen LogP) is 21.5. The summed E-state index contributed by atoms with van der Waals surface area (Å²) >= 11 is -4.32. The molecule has 0 aromatic heterocycles. The summed E-state index contributed by atoms with van der Waals surface area (Å²) in [5.74, 6) is 0. The van der Waals surface area contributed by atoms with Crippen molar-refractivity contribution >= 4 is 43.8 Å². The third-order valence-corrected chi connectivity index (χ3v) is 34.2. The topological polar surface area (TPSA) is 0 Å². The zero-order valence-corrected chi connectivity index (χ0v) is 54.0. The van der Waals surface area contributed by atoms with Gasteiger partial charge in [0.05, 0.1) is 0 Å². The Morgan fingerprint density at radius 1 is 0.365 bits per heavy atom. The van der Waals surface area contributed by atoms with Crippen LogP contribution in [0.25, 0.3) is 56.7 Å². The van der Waals surface area contributed by atoms with Gasteiger partial charge < -0.3 is 0 Å². The minimum atomic E-state index is -4.32. The molecule has 0 radical (unpaired) electrons. The zero-order valence-electron chi connectivity index (χ0n) is 48.5. The Morgan fingerprint density at radius 3 is 0.851 bits per heavy atom. The number of allylic oxidation sites excluding steroid dienone is 2. The molecule has 0 fully saturated rings. The third kappa shape index (κ3) is 12.1. The van der Waals surface area contributed by atoms with Gasteiger partial charge in [-0.25, -0.2) is 0 Å². The molecule has 0 bridgehead atoms. The fourth-order valence-corrected chi connectivity index (χ4v) is 32.3. The molecule has 2 aliphatic carbocycles. The Hall–Kier alpha value is -3.52. The Bertz CT molecular complexity index is 2850. The van der Waals surface area contributed by atoms with Crippen LogP contribution in [0.3, 0.4) is 0 Å². The molecule has 74 heavy (non-hydrogen) atoms. The molecule has 0 amide bonds. The number of unbranched alkanes of at least 4 members (excludes halogenated alkanes) is 4. The summed E-state index contributed by atoms with van der Waals surface area (Å²) in [5.41, 5.74) is 26.5. The smallest absolute Gasteiger partial charge is 0.147 e. The number of halogens is 2. The van der Waals surface area contributed by atoms with Crippen LogP contribution in [0, 0.1) is 0 Å². The van der Waals surface area contributed by atoms with Crippen molar-refractivity contribution in [2.75, 3.05) is 0 Å². The largest absolute Gasteiger partial charge is 0.147 e. The summed E-state index contributed by atoms with van der Waals surface area (Å²) in [6.07, 6.45) is 15.2. The second-order valence-electron chi connectivity index (χ2n) is 27.4. The van der Waals surface area contributed by atoms with Crippen LogP contribution in [0.4, 0.5) is 0 Å². The maximum absolute atomic E-state index is 4.32. The van der Waals surface area contributed by atoms with Crippen molar-refractivity contribution < 1.29 is 17.4 Å². The molecule has 0 saturated heterocycles. The van der Waals surface area contributed by atoms with Gasteiger partial charge in [0.15, 0.2) is 0 Å². The first-order chi connectivity index (χ1) is 33.7. The minimum Gasteiger partial charge on any atom is -0.147 e. The van der Waals surface area contributed by atoms with E-state index in [2.05, 4.69) is 247 Å². The normalized spacial score (nSPS) is 16.0. The Labute approximate surface area is 465 Å². The van der Waals surface area contributed by atoms with Crippen LogP contribution in [0.1, 0.15) is 200 Å². The van der Waals surface area contributed by atoms with Gasteiger partial charge in [-0.2, -0.15) is 0 Å². The third-order valence-electron chi connectivity index (χ3n) is 16.8. The van der Waals surface area contributed by atoms with E-state index < -0.39 is 17.4 Å². The fourth-order valence-electron chi connectivity index (χ4n) is 12.6. The van der Waals surface area contributed by atoms with Crippen LogP contribution < -0.4 is 0 Å². The first-order valence-corrected chi connectivity index (χ1v) is 41.6. The van der Waals surface area contributed by atoms with Gasteiger partial charge in [0.25, 0.3) is 0 Å². The monoisotopic (exact) mass is 1120 g/mol. The molecule has 0 heterocycles. The summed E-state index contributed by atoms with van der Waals surface area (Å²) in [6, 6.07) is 48.7. The second kappa shape index (κ2) is 22.4. The van der Waals surface area contributed by atoms with E-state index in [0.29, 0.717) is 7.25 Å². The molecule has 0 aliphatic heterocycles. The van der Waals surface area contributed by atoms with Gasteiger partial charge in [0, 0.05) is 0 Å².